The summed E-state index contributed by atoms with van der Waals surface area (Å²) in [5.74, 6) is -2.47. The summed E-state index contributed by atoms with van der Waals surface area (Å²) in [4.78, 5) is 43.2. The van der Waals surface area contributed by atoms with Crippen molar-refractivity contribution in [1.82, 2.24) is 10.2 Å². The van der Waals surface area contributed by atoms with Gasteiger partial charge in [-0.3, -0.25) is 14.4 Å². The first-order chi connectivity index (χ1) is 19.3. The molecule has 4 aliphatic rings. The fraction of sp³-hybridized carbons (Fsp3) is 0.469. The number of carbonyl (C=O) groups excluding carboxylic acids is 3. The van der Waals surface area contributed by atoms with Crippen molar-refractivity contribution in [1.29, 1.82) is 0 Å². The van der Waals surface area contributed by atoms with Crippen molar-refractivity contribution in [3.05, 3.63) is 77.6 Å². The van der Waals surface area contributed by atoms with Crippen molar-refractivity contribution in [2.45, 2.75) is 82.2 Å². The Morgan fingerprint density at radius 2 is 1.73 bits per heavy atom. The number of likely N-dealkylation sites (tertiary alicyclic amines) is 1. The maximum atomic E-state index is 14.1. The monoisotopic (exact) mass is 545 g/mol. The van der Waals surface area contributed by atoms with E-state index in [2.05, 4.69) is 24.5 Å². The van der Waals surface area contributed by atoms with Crippen molar-refractivity contribution in [2.75, 3.05) is 5.32 Å². The molecule has 3 aliphatic heterocycles. The van der Waals surface area contributed by atoms with Gasteiger partial charge in [0.15, 0.2) is 0 Å². The molecule has 6 rings (SSSR count). The Balaban J connectivity index is 1.30. The number of anilines is 1. The molecular weight excluding hydrogens is 509 g/mol. The van der Waals surface area contributed by atoms with Gasteiger partial charge >= 0.3 is 0 Å². The number of nitrogens with zero attached hydrogens (tertiary/aromatic N) is 1. The number of amides is 3. The third-order valence-electron chi connectivity index (χ3n) is 8.99. The van der Waals surface area contributed by atoms with E-state index in [9.17, 15) is 18.8 Å². The van der Waals surface area contributed by atoms with Crippen LogP contribution in [-0.2, 0) is 25.7 Å². The first-order valence-electron chi connectivity index (χ1n) is 14.4. The third kappa shape index (κ3) is 4.62. The third-order valence-corrected chi connectivity index (χ3v) is 8.99. The minimum absolute atomic E-state index is 0.0509. The number of rotatable bonds is 7. The van der Waals surface area contributed by atoms with Crippen LogP contribution in [0.3, 0.4) is 0 Å². The smallest absolute Gasteiger partial charge is 0.246 e. The quantitative estimate of drug-likeness (QED) is 0.495. The molecule has 0 aromatic heterocycles. The van der Waals surface area contributed by atoms with Crippen LogP contribution in [0, 0.1) is 17.7 Å². The summed E-state index contributed by atoms with van der Waals surface area (Å²) in [6.45, 7) is 4.33. The fourth-order valence-electron chi connectivity index (χ4n) is 6.93. The lowest BCUT2D eigenvalue weighted by Gasteiger charge is -2.34. The fourth-order valence-corrected chi connectivity index (χ4v) is 6.93. The summed E-state index contributed by atoms with van der Waals surface area (Å²) in [6, 6.07) is 12.7. The molecule has 7 nitrogen and oxygen atoms in total. The molecule has 210 valence electrons. The second kappa shape index (κ2) is 10.5. The van der Waals surface area contributed by atoms with E-state index in [0.717, 1.165) is 37.7 Å². The average Bonchev–Trinajstić information content (AvgIpc) is 3.58. The van der Waals surface area contributed by atoms with E-state index in [1.165, 1.54) is 17.0 Å². The first kappa shape index (κ1) is 26.7. The highest BCUT2D eigenvalue weighted by atomic mass is 19.1. The van der Waals surface area contributed by atoms with Crippen molar-refractivity contribution >= 4 is 23.4 Å². The normalized spacial score (nSPS) is 29.2. The molecule has 2 bridgehead atoms. The number of hydrogen-bond donors (Lipinski definition) is 2. The second-order valence-electron chi connectivity index (χ2n) is 11.9. The van der Waals surface area contributed by atoms with E-state index in [-0.39, 0.29) is 36.1 Å². The highest BCUT2D eigenvalue weighted by Crippen LogP contribution is 2.55. The van der Waals surface area contributed by atoms with Gasteiger partial charge in [-0.25, -0.2) is 4.39 Å². The zero-order valence-electron chi connectivity index (χ0n) is 22.9. The SMILES string of the molecule is CC(C)c1ccc(NC(=O)[C@H]2[C@H]3C=C[C@]4(O3)[C@H](C(=O)NC3CCCCC3)N(Cc3ccc(F)cc3)C(=O)[C@@H]24)cc1. The van der Waals surface area contributed by atoms with E-state index >= 15 is 0 Å². The number of nitrogens with one attached hydrogen (secondary N) is 2. The maximum absolute atomic E-state index is 14.1. The Bertz CT molecular complexity index is 1320. The number of fused-ring (bicyclic) bond motifs is 1. The van der Waals surface area contributed by atoms with Gasteiger partial charge in [0.2, 0.25) is 17.7 Å². The number of hydrogen-bond acceptors (Lipinski definition) is 4. The molecule has 0 radical (unpaired) electrons. The van der Waals surface area contributed by atoms with Crippen LogP contribution in [0.2, 0.25) is 0 Å². The summed E-state index contributed by atoms with van der Waals surface area (Å²) in [7, 11) is 0. The first-order valence-corrected chi connectivity index (χ1v) is 14.4. The van der Waals surface area contributed by atoms with Crippen molar-refractivity contribution in [3.8, 4) is 0 Å². The largest absolute Gasteiger partial charge is 0.359 e. The minimum atomic E-state index is -1.23. The lowest BCUT2D eigenvalue weighted by Crippen LogP contribution is -2.56. The molecule has 8 heteroatoms. The summed E-state index contributed by atoms with van der Waals surface area (Å²) in [5, 5.41) is 6.17. The minimum Gasteiger partial charge on any atom is -0.359 e. The van der Waals surface area contributed by atoms with E-state index in [1.54, 1.807) is 12.1 Å². The number of halogens is 1. The van der Waals surface area contributed by atoms with Gasteiger partial charge in [-0.2, -0.15) is 0 Å². The summed E-state index contributed by atoms with van der Waals surface area (Å²) < 4.78 is 20.0. The molecule has 1 saturated carbocycles. The van der Waals surface area contributed by atoms with Crippen LogP contribution in [0.1, 0.15) is 63.0 Å². The predicted octanol–water partition coefficient (Wildman–Crippen LogP) is 4.69. The van der Waals surface area contributed by atoms with E-state index in [1.807, 2.05) is 36.4 Å². The standard InChI is InChI=1S/C32H36FN3O4/c1-19(2)21-10-14-24(15-11-21)34-29(37)26-25-16-17-32(40-25)27(26)31(39)36(18-20-8-12-22(33)13-9-20)28(32)30(38)35-23-6-4-3-5-7-23/h8-17,19,23,25-28H,3-7,18H2,1-2H3,(H,34,37)(H,35,38)/t25-,26+,27-,28+,32-/m1/s1. The summed E-state index contributed by atoms with van der Waals surface area (Å²) >= 11 is 0. The molecule has 2 N–H and O–H groups in total. The van der Waals surface area contributed by atoms with E-state index in [4.69, 9.17) is 4.74 Å². The molecule has 1 spiro atoms. The van der Waals surface area contributed by atoms with Gasteiger partial charge in [-0.1, -0.05) is 69.5 Å². The molecule has 3 amide bonds. The number of carbonyl (C=O) groups is 3. The lowest BCUT2D eigenvalue weighted by atomic mass is 9.74. The Labute approximate surface area is 234 Å². The Morgan fingerprint density at radius 3 is 2.40 bits per heavy atom. The van der Waals surface area contributed by atoms with E-state index < -0.39 is 29.6 Å². The van der Waals surface area contributed by atoms with Crippen LogP contribution in [-0.4, -0.2) is 46.4 Å². The maximum Gasteiger partial charge on any atom is 0.246 e. The molecule has 2 aromatic carbocycles. The molecule has 2 saturated heterocycles. The Hall–Kier alpha value is -3.52. The highest BCUT2D eigenvalue weighted by molar-refractivity contribution is 6.02. The second-order valence-corrected chi connectivity index (χ2v) is 11.9. The molecule has 2 aromatic rings. The van der Waals surface area contributed by atoms with Gasteiger partial charge < -0.3 is 20.3 Å². The summed E-state index contributed by atoms with van der Waals surface area (Å²) in [5.41, 5.74) is 1.28. The van der Waals surface area contributed by atoms with Crippen molar-refractivity contribution in [3.63, 3.8) is 0 Å². The summed E-state index contributed by atoms with van der Waals surface area (Å²) in [6.07, 6.45) is 8.11. The average molecular weight is 546 g/mol. The Morgan fingerprint density at radius 1 is 1.02 bits per heavy atom. The highest BCUT2D eigenvalue weighted by Gasteiger charge is 2.72. The predicted molar refractivity (Wildman–Crippen MR) is 149 cm³/mol. The zero-order valence-corrected chi connectivity index (χ0v) is 22.9. The van der Waals surface area contributed by atoms with Crippen LogP contribution in [0.4, 0.5) is 10.1 Å². The van der Waals surface area contributed by atoms with Gasteiger partial charge in [0.05, 0.1) is 17.9 Å². The molecule has 40 heavy (non-hydrogen) atoms. The molecule has 3 fully saturated rings. The zero-order chi connectivity index (χ0) is 28.0. The van der Waals surface area contributed by atoms with Gasteiger partial charge in [-0.15, -0.1) is 0 Å². The topological polar surface area (TPSA) is 87.7 Å². The van der Waals surface area contributed by atoms with Gasteiger partial charge in [0, 0.05) is 18.3 Å². The number of ether oxygens (including phenoxy) is 1. The van der Waals surface area contributed by atoms with Crippen LogP contribution >= 0.6 is 0 Å². The molecular formula is C32H36FN3O4. The van der Waals surface area contributed by atoms with Crippen LogP contribution < -0.4 is 10.6 Å². The molecule has 3 heterocycles. The van der Waals surface area contributed by atoms with Crippen LogP contribution in [0.5, 0.6) is 0 Å². The van der Waals surface area contributed by atoms with Crippen molar-refractivity contribution in [2.24, 2.45) is 11.8 Å². The molecule has 5 atom stereocenters. The van der Waals surface area contributed by atoms with Crippen LogP contribution in [0.25, 0.3) is 0 Å². The van der Waals surface area contributed by atoms with Gasteiger partial charge in [0.25, 0.3) is 0 Å². The molecule has 0 unspecified atom stereocenters. The molecule has 1 aliphatic carbocycles. The van der Waals surface area contributed by atoms with E-state index in [0.29, 0.717) is 17.2 Å². The van der Waals surface area contributed by atoms with Gasteiger partial charge in [-0.05, 0) is 54.2 Å². The van der Waals surface area contributed by atoms with Crippen molar-refractivity contribution < 1.29 is 23.5 Å². The van der Waals surface area contributed by atoms with Crippen LogP contribution in [0.15, 0.2) is 60.7 Å². The number of benzene rings is 2. The lowest BCUT2D eigenvalue weighted by molar-refractivity contribution is -0.142. The van der Waals surface area contributed by atoms with Gasteiger partial charge in [0.1, 0.15) is 17.5 Å². The Kier molecular flexibility index (Phi) is 6.98.